The molecule has 2 aromatic rings. The summed E-state index contributed by atoms with van der Waals surface area (Å²) in [4.78, 5) is 31.0. The molecule has 0 spiro atoms. The Bertz CT molecular complexity index is 890. The third-order valence-corrected chi connectivity index (χ3v) is 4.33. The summed E-state index contributed by atoms with van der Waals surface area (Å²) in [5.74, 6) is -0.282. The fraction of sp³-hybridized carbons (Fsp3) is 0.333. The molecule has 0 atom stereocenters. The number of urea groups is 1. The van der Waals surface area contributed by atoms with Crippen molar-refractivity contribution in [2.75, 3.05) is 44.2 Å². The fourth-order valence-corrected chi connectivity index (χ4v) is 2.90. The van der Waals surface area contributed by atoms with E-state index in [9.17, 15) is 13.2 Å². The number of ether oxygens (including phenoxy) is 3. The number of carbonyl (C=O) groups is 1. The SMILES string of the molecule is COCCONS(=O)(=O)N(C(=O)Nc1nc(OC)nc(OC)n1)c1ccccc1. The molecule has 0 bridgehead atoms. The minimum absolute atomic E-state index is 0.0424. The molecule has 2 rings (SSSR count). The molecule has 0 fully saturated rings. The van der Waals surface area contributed by atoms with Crippen molar-refractivity contribution in [3.63, 3.8) is 0 Å². The van der Waals surface area contributed by atoms with Gasteiger partial charge < -0.3 is 14.2 Å². The number of nitrogens with zero attached hydrogens (tertiary/aromatic N) is 4. The van der Waals surface area contributed by atoms with Crippen molar-refractivity contribution >= 4 is 27.9 Å². The number of carbonyl (C=O) groups excluding carboxylic acids is 1. The number of para-hydroxylation sites is 1. The molecule has 0 aliphatic carbocycles. The Morgan fingerprint density at radius 2 is 1.62 bits per heavy atom. The quantitative estimate of drug-likeness (QED) is 0.400. The summed E-state index contributed by atoms with van der Waals surface area (Å²) in [5.41, 5.74) is 0.0424. The zero-order valence-electron chi connectivity index (χ0n) is 15.9. The summed E-state index contributed by atoms with van der Waals surface area (Å²) in [7, 11) is -0.402. The highest BCUT2D eigenvalue weighted by Crippen LogP contribution is 2.19. The predicted molar refractivity (Wildman–Crippen MR) is 101 cm³/mol. The van der Waals surface area contributed by atoms with E-state index in [0.717, 1.165) is 0 Å². The van der Waals surface area contributed by atoms with Gasteiger partial charge in [-0.15, -0.1) is 4.98 Å². The first kappa shape index (κ1) is 22.2. The van der Waals surface area contributed by atoms with E-state index in [0.29, 0.717) is 4.31 Å². The molecule has 2 N–H and O–H groups in total. The summed E-state index contributed by atoms with van der Waals surface area (Å²) in [6.07, 6.45) is 0. The lowest BCUT2D eigenvalue weighted by molar-refractivity contribution is 0.0438. The molecule has 1 heterocycles. The van der Waals surface area contributed by atoms with E-state index in [2.05, 4.69) is 20.3 Å². The van der Waals surface area contributed by atoms with Crippen molar-refractivity contribution in [1.82, 2.24) is 19.8 Å². The molecule has 13 nitrogen and oxygen atoms in total. The van der Waals surface area contributed by atoms with Gasteiger partial charge in [-0.3, -0.25) is 10.2 Å². The third kappa shape index (κ3) is 6.21. The molecule has 29 heavy (non-hydrogen) atoms. The highest BCUT2D eigenvalue weighted by atomic mass is 32.2. The van der Waals surface area contributed by atoms with E-state index in [-0.39, 0.29) is 36.9 Å². The van der Waals surface area contributed by atoms with Crippen molar-refractivity contribution < 1.29 is 32.3 Å². The van der Waals surface area contributed by atoms with E-state index < -0.39 is 16.2 Å². The number of nitrogens with one attached hydrogen (secondary N) is 2. The minimum atomic E-state index is -4.45. The van der Waals surface area contributed by atoms with E-state index in [4.69, 9.17) is 19.0 Å². The first-order valence-electron chi connectivity index (χ1n) is 8.04. The average Bonchev–Trinajstić information content (AvgIpc) is 2.71. The Morgan fingerprint density at radius 1 is 1.00 bits per heavy atom. The maximum absolute atomic E-state index is 12.8. The molecule has 0 saturated carbocycles. The normalized spacial score (nSPS) is 11.0. The van der Waals surface area contributed by atoms with E-state index >= 15 is 0 Å². The Labute approximate surface area is 167 Å². The van der Waals surface area contributed by atoms with Crippen molar-refractivity contribution in [3.05, 3.63) is 30.3 Å². The van der Waals surface area contributed by atoms with Crippen LogP contribution in [0.2, 0.25) is 0 Å². The molecular formula is C15H20N6O7S. The van der Waals surface area contributed by atoms with Crippen LogP contribution in [0.4, 0.5) is 16.4 Å². The summed E-state index contributed by atoms with van der Waals surface area (Å²) >= 11 is 0. The molecule has 2 amide bonds. The van der Waals surface area contributed by atoms with Crippen LogP contribution in [-0.4, -0.2) is 63.9 Å². The zero-order chi connectivity index (χ0) is 21.3. The van der Waals surface area contributed by atoms with Crippen LogP contribution in [0.3, 0.4) is 0 Å². The van der Waals surface area contributed by atoms with Crippen LogP contribution in [0.1, 0.15) is 0 Å². The lowest BCUT2D eigenvalue weighted by Crippen LogP contribution is -2.47. The number of methoxy groups -OCH3 is 3. The van der Waals surface area contributed by atoms with Gasteiger partial charge in [0, 0.05) is 7.11 Å². The number of rotatable bonds is 10. The number of hydrogen-bond acceptors (Lipinski definition) is 10. The monoisotopic (exact) mass is 428 g/mol. The van der Waals surface area contributed by atoms with Crippen LogP contribution < -0.4 is 24.0 Å². The van der Waals surface area contributed by atoms with Gasteiger partial charge in [-0.1, -0.05) is 23.1 Å². The maximum Gasteiger partial charge on any atom is 0.343 e. The molecule has 158 valence electrons. The highest BCUT2D eigenvalue weighted by molar-refractivity contribution is 7.91. The summed E-state index contributed by atoms with van der Waals surface area (Å²) in [5, 5.41) is 2.26. The van der Waals surface area contributed by atoms with Crippen LogP contribution in [0.15, 0.2) is 30.3 Å². The van der Waals surface area contributed by atoms with Gasteiger partial charge in [-0.2, -0.15) is 22.7 Å². The average molecular weight is 428 g/mol. The van der Waals surface area contributed by atoms with Crippen LogP contribution >= 0.6 is 0 Å². The molecule has 0 unspecified atom stereocenters. The molecule has 0 saturated heterocycles. The lowest BCUT2D eigenvalue weighted by atomic mass is 10.3. The zero-order valence-corrected chi connectivity index (χ0v) is 16.7. The van der Waals surface area contributed by atoms with Crippen molar-refractivity contribution in [2.24, 2.45) is 0 Å². The topological polar surface area (TPSA) is 154 Å². The second kappa shape index (κ2) is 10.5. The number of hydrogen-bond donors (Lipinski definition) is 2. The largest absolute Gasteiger partial charge is 0.467 e. The van der Waals surface area contributed by atoms with E-state index in [1.165, 1.54) is 33.5 Å². The van der Waals surface area contributed by atoms with Gasteiger partial charge in [0.2, 0.25) is 5.95 Å². The molecule has 0 radical (unpaired) electrons. The Hall–Kier alpha value is -3.07. The van der Waals surface area contributed by atoms with Crippen LogP contribution in [0.25, 0.3) is 0 Å². The summed E-state index contributed by atoms with van der Waals surface area (Å²) in [6.45, 7) is 0.0757. The molecule has 1 aromatic carbocycles. The summed E-state index contributed by atoms with van der Waals surface area (Å²) < 4.78 is 40.3. The van der Waals surface area contributed by atoms with Crippen LogP contribution in [0.5, 0.6) is 12.0 Å². The van der Waals surface area contributed by atoms with Crippen LogP contribution in [0, 0.1) is 0 Å². The Morgan fingerprint density at radius 3 is 2.17 bits per heavy atom. The minimum Gasteiger partial charge on any atom is -0.467 e. The van der Waals surface area contributed by atoms with Gasteiger partial charge in [0.05, 0.1) is 33.1 Å². The lowest BCUT2D eigenvalue weighted by Gasteiger charge is -2.22. The van der Waals surface area contributed by atoms with Crippen molar-refractivity contribution in [1.29, 1.82) is 0 Å². The Balaban J connectivity index is 2.30. The molecule has 0 aliphatic rings. The van der Waals surface area contributed by atoms with Gasteiger partial charge >= 0.3 is 28.3 Å². The van der Waals surface area contributed by atoms with Gasteiger partial charge in [-0.25, -0.2) is 4.79 Å². The Kier molecular flexibility index (Phi) is 8.02. The summed E-state index contributed by atoms with van der Waals surface area (Å²) in [6, 6.07) is 6.26. The van der Waals surface area contributed by atoms with Gasteiger partial charge in [0.25, 0.3) is 0 Å². The third-order valence-electron chi connectivity index (χ3n) is 3.15. The van der Waals surface area contributed by atoms with Crippen molar-refractivity contribution in [2.45, 2.75) is 0 Å². The highest BCUT2D eigenvalue weighted by Gasteiger charge is 2.30. The standard InChI is InChI=1S/C15H20N6O7S/c1-25-9-10-28-20-29(23,24)21(11-7-5-4-6-8-11)15(22)18-12-16-13(26-2)19-14(17-12)27-3/h4-8,20H,9-10H2,1-3H3,(H,16,17,18,19,22). The van der Waals surface area contributed by atoms with Gasteiger partial charge in [-0.05, 0) is 12.1 Å². The van der Waals surface area contributed by atoms with Gasteiger partial charge in [0.15, 0.2) is 0 Å². The molecule has 1 aromatic heterocycles. The number of amides is 2. The first-order valence-corrected chi connectivity index (χ1v) is 9.48. The van der Waals surface area contributed by atoms with Gasteiger partial charge in [0.1, 0.15) is 0 Å². The smallest absolute Gasteiger partial charge is 0.343 e. The second-order valence-corrected chi connectivity index (χ2v) is 6.57. The molecule has 0 aliphatic heterocycles. The predicted octanol–water partition coefficient (Wildman–Crippen LogP) is 0.340. The molecular weight excluding hydrogens is 408 g/mol. The maximum atomic E-state index is 12.8. The van der Waals surface area contributed by atoms with E-state index in [1.807, 2.05) is 4.89 Å². The van der Waals surface area contributed by atoms with Crippen molar-refractivity contribution in [3.8, 4) is 12.0 Å². The second-order valence-electron chi connectivity index (χ2n) is 5.09. The fourth-order valence-electron chi connectivity index (χ4n) is 1.93. The molecule has 14 heteroatoms. The number of benzene rings is 1. The van der Waals surface area contributed by atoms with E-state index in [1.54, 1.807) is 18.2 Å². The number of aromatic nitrogens is 3. The van der Waals surface area contributed by atoms with Crippen LogP contribution in [-0.2, 0) is 19.8 Å². The number of anilines is 2. The first-order chi connectivity index (χ1) is 13.9.